The van der Waals surface area contributed by atoms with Crippen molar-refractivity contribution in [3.8, 4) is 0 Å². The Bertz CT molecular complexity index is 780. The minimum atomic E-state index is -0.589. The van der Waals surface area contributed by atoms with Crippen LogP contribution in [0.1, 0.15) is 61.8 Å². The molecule has 2 aromatic rings. The zero-order valence-corrected chi connectivity index (χ0v) is 18.7. The minimum Gasteiger partial charge on any atom is -0.467 e. The first kappa shape index (κ1) is 22.5. The molecule has 30 heavy (non-hydrogen) atoms. The van der Waals surface area contributed by atoms with Gasteiger partial charge in [0.25, 0.3) is 0 Å². The maximum Gasteiger partial charge on any atom is 0.335 e. The van der Waals surface area contributed by atoms with E-state index in [4.69, 9.17) is 9.47 Å². The molecule has 1 aliphatic heterocycles. The molecule has 1 aliphatic rings. The number of hydrogen-bond donors (Lipinski definition) is 0. The second-order valence-corrected chi connectivity index (χ2v) is 8.81. The highest BCUT2D eigenvalue weighted by Gasteiger charge is 2.27. The molecule has 1 saturated heterocycles. The topological polar surface area (TPSA) is 38.8 Å². The fourth-order valence-electron chi connectivity index (χ4n) is 4.19. The summed E-state index contributed by atoms with van der Waals surface area (Å²) in [6, 6.07) is 18.9. The maximum atomic E-state index is 12.4. The lowest BCUT2D eigenvalue weighted by molar-refractivity contribution is -0.158. The number of piperidine rings is 1. The molecular weight excluding hydrogens is 374 g/mol. The second kappa shape index (κ2) is 10.7. The number of likely N-dealkylation sites (tertiary alicyclic amines) is 1. The van der Waals surface area contributed by atoms with Gasteiger partial charge in [-0.15, -0.1) is 0 Å². The van der Waals surface area contributed by atoms with E-state index in [2.05, 4.69) is 62.2 Å². The van der Waals surface area contributed by atoms with Crippen molar-refractivity contribution in [1.82, 2.24) is 4.90 Å². The molecule has 2 aromatic carbocycles. The number of carbonyl (C=O) groups excluding carboxylic acids is 1. The van der Waals surface area contributed by atoms with E-state index in [-0.39, 0.29) is 12.1 Å². The summed E-state index contributed by atoms with van der Waals surface area (Å²) in [4.78, 5) is 14.8. The van der Waals surface area contributed by atoms with Crippen molar-refractivity contribution in [2.75, 3.05) is 27.2 Å². The summed E-state index contributed by atoms with van der Waals surface area (Å²) < 4.78 is 11.4. The van der Waals surface area contributed by atoms with Gasteiger partial charge in [0.15, 0.2) is 6.10 Å². The number of carbonyl (C=O) groups is 1. The van der Waals surface area contributed by atoms with Gasteiger partial charge in [0.05, 0.1) is 7.11 Å². The van der Waals surface area contributed by atoms with Gasteiger partial charge >= 0.3 is 5.97 Å². The molecule has 0 unspecified atom stereocenters. The van der Waals surface area contributed by atoms with E-state index in [1.807, 2.05) is 18.2 Å². The van der Waals surface area contributed by atoms with Crippen molar-refractivity contribution in [2.24, 2.45) is 5.92 Å². The number of hydrogen-bond acceptors (Lipinski definition) is 4. The lowest BCUT2D eigenvalue weighted by Crippen LogP contribution is -2.29. The van der Waals surface area contributed by atoms with Gasteiger partial charge in [-0.05, 0) is 67.9 Å². The summed E-state index contributed by atoms with van der Waals surface area (Å²) in [5.41, 5.74) is 3.50. The van der Waals surface area contributed by atoms with Crippen LogP contribution in [-0.4, -0.2) is 44.2 Å². The molecular formula is C26H35NO3. The van der Waals surface area contributed by atoms with Crippen molar-refractivity contribution in [1.29, 1.82) is 0 Å². The maximum absolute atomic E-state index is 12.4. The Morgan fingerprint density at radius 1 is 1.00 bits per heavy atom. The lowest BCUT2D eigenvalue weighted by Gasteiger charge is -2.29. The van der Waals surface area contributed by atoms with Gasteiger partial charge in [0.1, 0.15) is 6.10 Å². The predicted octanol–water partition coefficient (Wildman–Crippen LogP) is 5.19. The largest absolute Gasteiger partial charge is 0.467 e. The van der Waals surface area contributed by atoms with Gasteiger partial charge in [-0.1, -0.05) is 68.4 Å². The highest BCUT2D eigenvalue weighted by molar-refractivity contribution is 5.74. The second-order valence-electron chi connectivity index (χ2n) is 8.81. The Kier molecular flexibility index (Phi) is 8.06. The quantitative estimate of drug-likeness (QED) is 0.563. The smallest absolute Gasteiger partial charge is 0.335 e. The van der Waals surface area contributed by atoms with Crippen LogP contribution in [0.3, 0.4) is 0 Å². The number of rotatable bonds is 8. The summed E-state index contributed by atoms with van der Waals surface area (Å²) in [7, 11) is 3.61. The van der Waals surface area contributed by atoms with Crippen molar-refractivity contribution >= 4 is 5.97 Å². The van der Waals surface area contributed by atoms with Crippen molar-refractivity contribution in [3.05, 3.63) is 71.3 Å². The van der Waals surface area contributed by atoms with Gasteiger partial charge in [-0.2, -0.15) is 0 Å². The summed E-state index contributed by atoms with van der Waals surface area (Å²) in [5.74, 6) is 0.639. The zero-order valence-electron chi connectivity index (χ0n) is 18.7. The fourth-order valence-corrected chi connectivity index (χ4v) is 4.19. The van der Waals surface area contributed by atoms with Gasteiger partial charge in [-0.3, -0.25) is 0 Å². The van der Waals surface area contributed by atoms with Crippen molar-refractivity contribution in [2.45, 2.75) is 51.2 Å². The first-order valence-electron chi connectivity index (χ1n) is 11.0. The molecule has 0 saturated carbocycles. The highest BCUT2D eigenvalue weighted by Crippen LogP contribution is 2.32. The van der Waals surface area contributed by atoms with Crippen molar-refractivity contribution < 1.29 is 14.3 Å². The van der Waals surface area contributed by atoms with Crippen LogP contribution in [0.5, 0.6) is 0 Å². The van der Waals surface area contributed by atoms with E-state index in [9.17, 15) is 4.79 Å². The Balaban J connectivity index is 1.84. The summed E-state index contributed by atoms with van der Waals surface area (Å²) >= 11 is 0. The molecule has 162 valence electrons. The van der Waals surface area contributed by atoms with Gasteiger partial charge in [0.2, 0.25) is 0 Å². The Labute approximate surface area is 181 Å². The van der Waals surface area contributed by atoms with Crippen LogP contribution >= 0.6 is 0 Å². The fraction of sp³-hybridized carbons (Fsp3) is 0.500. The van der Waals surface area contributed by atoms with Gasteiger partial charge in [-0.25, -0.2) is 4.79 Å². The van der Waals surface area contributed by atoms with E-state index in [0.717, 1.165) is 24.2 Å². The van der Waals surface area contributed by atoms with Crippen LogP contribution in [0.2, 0.25) is 0 Å². The Morgan fingerprint density at radius 2 is 1.60 bits per heavy atom. The standard InChI is InChI=1S/C26H35NO3/c1-19(2)18-24(26(28)29-4)30-25(22-8-6-5-7-9-22)23-12-10-20(11-13-23)21-14-16-27(3)17-15-21/h5-13,19,21,24-25H,14-18H2,1-4H3/t24-,25+/m0/s1. The normalized spacial score (nSPS) is 17.6. The van der Waals surface area contributed by atoms with Crippen molar-refractivity contribution in [3.63, 3.8) is 0 Å². The van der Waals surface area contributed by atoms with Crippen LogP contribution in [0.25, 0.3) is 0 Å². The minimum absolute atomic E-state index is 0.305. The van der Waals surface area contributed by atoms with E-state index < -0.39 is 6.10 Å². The van der Waals surface area contributed by atoms with Crippen LogP contribution in [0.15, 0.2) is 54.6 Å². The molecule has 3 rings (SSSR count). The molecule has 0 bridgehead atoms. The number of ether oxygens (including phenoxy) is 2. The van der Waals surface area contributed by atoms with E-state index in [1.54, 1.807) is 0 Å². The summed E-state index contributed by atoms with van der Waals surface area (Å²) in [5, 5.41) is 0. The summed E-state index contributed by atoms with van der Waals surface area (Å²) in [6.07, 6.45) is 2.14. The number of nitrogens with zero attached hydrogens (tertiary/aromatic N) is 1. The lowest BCUT2D eigenvalue weighted by atomic mass is 9.88. The third-order valence-electron chi connectivity index (χ3n) is 5.98. The first-order chi connectivity index (χ1) is 14.5. The third kappa shape index (κ3) is 5.93. The monoisotopic (exact) mass is 409 g/mol. The van der Waals surface area contributed by atoms with E-state index in [0.29, 0.717) is 18.3 Å². The molecule has 0 amide bonds. The molecule has 2 atom stereocenters. The zero-order chi connectivity index (χ0) is 21.5. The average molecular weight is 410 g/mol. The van der Waals surface area contributed by atoms with Crippen LogP contribution < -0.4 is 0 Å². The molecule has 0 aromatic heterocycles. The number of benzene rings is 2. The average Bonchev–Trinajstić information content (AvgIpc) is 2.77. The molecule has 0 radical (unpaired) electrons. The Hall–Kier alpha value is -2.17. The SMILES string of the molecule is COC(=O)[C@H](CC(C)C)O[C@H](c1ccccc1)c1ccc(C2CCN(C)CC2)cc1. The van der Waals surface area contributed by atoms with Crippen LogP contribution in [0.4, 0.5) is 0 Å². The summed E-state index contributed by atoms with van der Waals surface area (Å²) in [6.45, 7) is 6.48. The van der Waals surface area contributed by atoms with Gasteiger partial charge in [0, 0.05) is 0 Å². The molecule has 4 heteroatoms. The first-order valence-corrected chi connectivity index (χ1v) is 11.0. The number of esters is 1. The van der Waals surface area contributed by atoms with E-state index in [1.165, 1.54) is 25.5 Å². The molecule has 1 fully saturated rings. The molecule has 4 nitrogen and oxygen atoms in total. The highest BCUT2D eigenvalue weighted by atomic mass is 16.6. The predicted molar refractivity (Wildman–Crippen MR) is 121 cm³/mol. The van der Waals surface area contributed by atoms with Gasteiger partial charge < -0.3 is 14.4 Å². The van der Waals surface area contributed by atoms with Crippen LogP contribution in [-0.2, 0) is 14.3 Å². The molecule has 1 heterocycles. The van der Waals surface area contributed by atoms with Crippen LogP contribution in [0, 0.1) is 5.92 Å². The van der Waals surface area contributed by atoms with E-state index >= 15 is 0 Å². The molecule has 0 N–H and O–H groups in total. The third-order valence-corrected chi connectivity index (χ3v) is 5.98. The number of methoxy groups -OCH3 is 1. The Morgan fingerprint density at radius 3 is 2.17 bits per heavy atom. The molecule has 0 aliphatic carbocycles. The molecule has 0 spiro atoms.